The molecule has 0 amide bonds. The van der Waals surface area contributed by atoms with Crippen molar-refractivity contribution in [3.05, 3.63) is 29.8 Å². The minimum atomic E-state index is 0.363. The van der Waals surface area contributed by atoms with Gasteiger partial charge in [-0.25, -0.2) is 0 Å². The molecule has 1 aromatic rings. The van der Waals surface area contributed by atoms with E-state index in [1.165, 1.54) is 18.4 Å². The predicted molar refractivity (Wildman–Crippen MR) is 77.2 cm³/mol. The van der Waals surface area contributed by atoms with Gasteiger partial charge in [0.05, 0.1) is 6.61 Å². The molecular weight excluding hydrogens is 238 g/mol. The van der Waals surface area contributed by atoms with Crippen LogP contribution in [0.15, 0.2) is 24.3 Å². The van der Waals surface area contributed by atoms with Crippen molar-refractivity contribution in [3.63, 3.8) is 0 Å². The first-order valence-electron chi connectivity index (χ1n) is 7.24. The maximum atomic E-state index is 5.54. The highest BCUT2D eigenvalue weighted by atomic mass is 16.7. The third kappa shape index (κ3) is 6.08. The van der Waals surface area contributed by atoms with Crippen molar-refractivity contribution in [2.75, 3.05) is 19.9 Å². The lowest BCUT2D eigenvalue weighted by molar-refractivity contribution is 0.00997. The zero-order valence-electron chi connectivity index (χ0n) is 12.0. The van der Waals surface area contributed by atoms with Crippen molar-refractivity contribution in [3.8, 4) is 5.75 Å². The molecule has 1 saturated carbocycles. The summed E-state index contributed by atoms with van der Waals surface area (Å²) in [6, 6.07) is 8.22. The van der Waals surface area contributed by atoms with Crippen LogP contribution in [0.3, 0.4) is 0 Å². The molecule has 0 heterocycles. The normalized spacial score (nSPS) is 14.9. The summed E-state index contributed by atoms with van der Waals surface area (Å²) in [5.74, 6) is 2.35. The Morgan fingerprint density at radius 3 is 2.58 bits per heavy atom. The van der Waals surface area contributed by atoms with E-state index in [4.69, 9.17) is 9.47 Å². The van der Waals surface area contributed by atoms with Gasteiger partial charge in [-0.3, -0.25) is 0 Å². The van der Waals surface area contributed by atoms with Crippen molar-refractivity contribution >= 4 is 0 Å². The lowest BCUT2D eigenvalue weighted by Crippen LogP contribution is -2.18. The predicted octanol–water partition coefficient (Wildman–Crippen LogP) is 3.20. The molecule has 0 bridgehead atoms. The second kappa shape index (κ2) is 7.51. The van der Waals surface area contributed by atoms with Crippen molar-refractivity contribution in [2.24, 2.45) is 11.8 Å². The van der Waals surface area contributed by atoms with E-state index in [0.29, 0.717) is 12.7 Å². The highest BCUT2D eigenvalue weighted by molar-refractivity contribution is 5.27. The molecule has 106 valence electrons. The Morgan fingerprint density at radius 2 is 1.95 bits per heavy atom. The van der Waals surface area contributed by atoms with E-state index >= 15 is 0 Å². The SMILES string of the molecule is CC(C)CNCc1ccc(OCOCC2CC2)cc1. The molecule has 1 aliphatic rings. The van der Waals surface area contributed by atoms with Crippen molar-refractivity contribution < 1.29 is 9.47 Å². The largest absolute Gasteiger partial charge is 0.468 e. The highest BCUT2D eigenvalue weighted by Crippen LogP contribution is 2.28. The van der Waals surface area contributed by atoms with Gasteiger partial charge in [0, 0.05) is 6.54 Å². The summed E-state index contributed by atoms with van der Waals surface area (Å²) < 4.78 is 11.0. The van der Waals surface area contributed by atoms with Crippen LogP contribution >= 0.6 is 0 Å². The number of rotatable bonds is 9. The molecule has 0 aromatic heterocycles. The fraction of sp³-hybridized carbons (Fsp3) is 0.625. The van der Waals surface area contributed by atoms with Crippen LogP contribution in [-0.2, 0) is 11.3 Å². The van der Waals surface area contributed by atoms with Crippen molar-refractivity contribution in [1.82, 2.24) is 5.32 Å². The smallest absolute Gasteiger partial charge is 0.189 e. The Balaban J connectivity index is 1.62. The van der Waals surface area contributed by atoms with Crippen molar-refractivity contribution in [1.29, 1.82) is 0 Å². The average molecular weight is 263 g/mol. The first-order valence-corrected chi connectivity index (χ1v) is 7.24. The van der Waals surface area contributed by atoms with Crippen LogP contribution in [0.5, 0.6) is 5.75 Å². The zero-order chi connectivity index (χ0) is 13.5. The second-order valence-corrected chi connectivity index (χ2v) is 5.75. The van der Waals surface area contributed by atoms with E-state index in [0.717, 1.165) is 31.4 Å². The summed E-state index contributed by atoms with van der Waals surface area (Å²) >= 11 is 0. The summed E-state index contributed by atoms with van der Waals surface area (Å²) in [6.07, 6.45) is 2.64. The molecule has 3 nitrogen and oxygen atoms in total. The van der Waals surface area contributed by atoms with Crippen LogP contribution < -0.4 is 10.1 Å². The first kappa shape index (κ1) is 14.4. The summed E-state index contributed by atoms with van der Waals surface area (Å²) in [6.45, 7) is 7.60. The number of benzene rings is 1. The topological polar surface area (TPSA) is 30.5 Å². The van der Waals surface area contributed by atoms with Gasteiger partial charge in [-0.15, -0.1) is 0 Å². The molecule has 19 heavy (non-hydrogen) atoms. The van der Waals surface area contributed by atoms with Gasteiger partial charge in [0.2, 0.25) is 0 Å². The van der Waals surface area contributed by atoms with Crippen molar-refractivity contribution in [2.45, 2.75) is 33.2 Å². The van der Waals surface area contributed by atoms with E-state index in [9.17, 15) is 0 Å². The lowest BCUT2D eigenvalue weighted by Gasteiger charge is -2.09. The Bertz CT molecular complexity index is 358. The molecule has 0 atom stereocenters. The molecule has 1 aromatic carbocycles. The van der Waals surface area contributed by atoms with Crippen LogP contribution in [-0.4, -0.2) is 19.9 Å². The molecule has 0 radical (unpaired) electrons. The van der Waals surface area contributed by atoms with Crippen LogP contribution in [0, 0.1) is 11.8 Å². The van der Waals surface area contributed by atoms with Gasteiger partial charge in [0.15, 0.2) is 6.79 Å². The van der Waals surface area contributed by atoms with Crippen LogP contribution in [0.1, 0.15) is 32.3 Å². The monoisotopic (exact) mass is 263 g/mol. The number of hydrogen-bond donors (Lipinski definition) is 1. The van der Waals surface area contributed by atoms with Crippen LogP contribution in [0.2, 0.25) is 0 Å². The Morgan fingerprint density at radius 1 is 1.21 bits per heavy atom. The minimum absolute atomic E-state index is 0.363. The van der Waals surface area contributed by atoms with Crippen LogP contribution in [0.25, 0.3) is 0 Å². The standard InChI is InChI=1S/C16H25NO2/c1-13(2)9-17-10-14-5-7-16(8-6-14)19-12-18-11-15-3-4-15/h5-8,13,15,17H,3-4,9-12H2,1-2H3. The van der Waals surface area contributed by atoms with E-state index in [1.807, 2.05) is 12.1 Å². The molecule has 0 unspecified atom stereocenters. The summed E-state index contributed by atoms with van der Waals surface area (Å²) in [5, 5.41) is 3.43. The van der Waals surface area contributed by atoms with Gasteiger partial charge >= 0.3 is 0 Å². The first-order chi connectivity index (χ1) is 9.24. The summed E-state index contributed by atoms with van der Waals surface area (Å²) in [7, 11) is 0. The number of nitrogens with one attached hydrogen (secondary N) is 1. The van der Waals surface area contributed by atoms with E-state index < -0.39 is 0 Å². The molecule has 2 rings (SSSR count). The summed E-state index contributed by atoms with van der Waals surface area (Å²) in [5.41, 5.74) is 1.28. The molecule has 3 heteroatoms. The maximum Gasteiger partial charge on any atom is 0.189 e. The molecular formula is C16H25NO2. The quantitative estimate of drug-likeness (QED) is 0.548. The molecule has 0 spiro atoms. The highest BCUT2D eigenvalue weighted by Gasteiger charge is 2.20. The van der Waals surface area contributed by atoms with Gasteiger partial charge in [-0.1, -0.05) is 26.0 Å². The number of ether oxygens (including phenoxy) is 2. The van der Waals surface area contributed by atoms with Gasteiger partial charge in [-0.2, -0.15) is 0 Å². The Labute approximate surface area is 116 Å². The van der Waals surface area contributed by atoms with E-state index in [1.54, 1.807) is 0 Å². The fourth-order valence-corrected chi connectivity index (χ4v) is 1.82. The van der Waals surface area contributed by atoms with E-state index in [-0.39, 0.29) is 0 Å². The molecule has 1 aliphatic carbocycles. The van der Waals surface area contributed by atoms with Crippen LogP contribution in [0.4, 0.5) is 0 Å². The van der Waals surface area contributed by atoms with Gasteiger partial charge < -0.3 is 14.8 Å². The third-order valence-electron chi connectivity index (χ3n) is 3.16. The maximum absolute atomic E-state index is 5.54. The molecule has 1 fully saturated rings. The molecule has 0 saturated heterocycles. The number of hydrogen-bond acceptors (Lipinski definition) is 3. The average Bonchev–Trinajstić information content (AvgIpc) is 3.20. The second-order valence-electron chi connectivity index (χ2n) is 5.75. The van der Waals surface area contributed by atoms with Gasteiger partial charge in [0.25, 0.3) is 0 Å². The van der Waals surface area contributed by atoms with Gasteiger partial charge in [0.1, 0.15) is 5.75 Å². The Hall–Kier alpha value is -1.06. The molecule has 1 N–H and O–H groups in total. The third-order valence-corrected chi connectivity index (χ3v) is 3.16. The lowest BCUT2D eigenvalue weighted by atomic mass is 10.2. The van der Waals surface area contributed by atoms with E-state index in [2.05, 4.69) is 31.3 Å². The minimum Gasteiger partial charge on any atom is -0.468 e. The van der Waals surface area contributed by atoms with Gasteiger partial charge in [-0.05, 0) is 48.9 Å². The zero-order valence-corrected chi connectivity index (χ0v) is 12.0. The molecule has 0 aliphatic heterocycles. The summed E-state index contributed by atoms with van der Waals surface area (Å²) in [4.78, 5) is 0. The fourth-order valence-electron chi connectivity index (χ4n) is 1.82. The Kier molecular flexibility index (Phi) is 5.67.